The predicted octanol–water partition coefficient (Wildman–Crippen LogP) is 8.08. The van der Waals surface area contributed by atoms with Gasteiger partial charge in [-0.15, -0.1) is 15.3 Å². The molecule has 0 bridgehead atoms. The molecule has 0 radical (unpaired) electrons. The highest BCUT2D eigenvalue weighted by molar-refractivity contribution is 7.81. The number of rotatable bonds is 15. The molecular weight excluding hydrogens is 1100 g/mol. The molecular formula is C59H70N22OS2. The number of carbonyl (C=O) groups is 1. The average Bonchev–Trinajstić information content (AvgIpc) is 4.41. The van der Waals surface area contributed by atoms with Crippen molar-refractivity contribution >= 4 is 127 Å². The zero-order chi connectivity index (χ0) is 60.4. The maximum atomic E-state index is 12.4. The van der Waals surface area contributed by atoms with Crippen molar-refractivity contribution in [1.29, 1.82) is 0 Å². The standard InChI is InChI=1S/C20H23N7O.C20H23N7S.C19H24N8S/c2*1-13(26-27-19(21)22)14-5-2-7-16(11-14)24-20(28)25-17-8-3-6-15(12-17)18-9-4-10-23-18;1-12(26-27-18(20)21)14-5-4-6-16(11-14)25-19(28)24-15-9-7-13(8-10-15)17(22-2)23-3/h2*2-3,5-8,11-12H,4,9-10H2,1H3,(H4,21,22,27)(H2,24,25,28);4-11H,1-3H3,(H,22,23)(H4,20,21,27)(H2,24,25,28)/b2*26-13+;26-12+. The first-order valence-corrected chi connectivity index (χ1v) is 27.2. The summed E-state index contributed by atoms with van der Waals surface area (Å²) in [6, 6.07) is 45.9. The minimum atomic E-state index is -0.332. The van der Waals surface area contributed by atoms with Crippen LogP contribution in [0.5, 0.6) is 0 Å². The van der Waals surface area contributed by atoms with E-state index >= 15 is 0 Å². The van der Waals surface area contributed by atoms with Crippen molar-refractivity contribution in [2.24, 2.45) is 80.0 Å². The lowest BCUT2D eigenvalue weighted by Gasteiger charge is -2.12. The molecule has 84 heavy (non-hydrogen) atoms. The van der Waals surface area contributed by atoms with Crippen molar-refractivity contribution in [2.45, 2.75) is 46.5 Å². The zero-order valence-electron chi connectivity index (χ0n) is 47.3. The monoisotopic (exact) mass is 1170 g/mol. The third-order valence-corrected chi connectivity index (χ3v) is 12.5. The number of amides is 2. The molecule has 23 nitrogen and oxygen atoms in total. The van der Waals surface area contributed by atoms with Gasteiger partial charge < -0.3 is 71.6 Å². The molecule has 2 aliphatic rings. The molecule has 0 spiro atoms. The molecule has 6 aromatic rings. The number of carbonyl (C=O) groups excluding carboxylic acids is 1. The normalized spacial score (nSPS) is 12.9. The van der Waals surface area contributed by atoms with Gasteiger partial charge in [0.15, 0.2) is 10.2 Å². The molecule has 2 amide bonds. The number of nitrogens with one attached hydrogen (secondary N) is 7. The molecule has 6 aromatic carbocycles. The molecule has 2 aliphatic heterocycles. The lowest BCUT2D eigenvalue weighted by molar-refractivity contribution is 0.262. The summed E-state index contributed by atoms with van der Waals surface area (Å²) in [4.78, 5) is 25.6. The fraction of sp³-hybridized carbons (Fsp3) is 0.186. The van der Waals surface area contributed by atoms with Crippen LogP contribution in [-0.4, -0.2) is 95.7 Å². The van der Waals surface area contributed by atoms with Crippen molar-refractivity contribution in [3.63, 3.8) is 0 Å². The number of thiocarbonyl (C=S) groups is 2. The highest BCUT2D eigenvalue weighted by atomic mass is 32.1. The van der Waals surface area contributed by atoms with E-state index in [9.17, 15) is 4.79 Å². The van der Waals surface area contributed by atoms with Gasteiger partial charge in [0.2, 0.25) is 17.9 Å². The Kier molecular flexibility index (Phi) is 24.0. The predicted molar refractivity (Wildman–Crippen MR) is 358 cm³/mol. The first-order valence-electron chi connectivity index (χ1n) is 26.4. The Balaban J connectivity index is 0.000000202. The molecule has 0 saturated heterocycles. The van der Waals surface area contributed by atoms with Gasteiger partial charge in [0.05, 0.1) is 17.1 Å². The first-order chi connectivity index (χ1) is 40.4. The Bertz CT molecular complexity index is 3410. The summed E-state index contributed by atoms with van der Waals surface area (Å²) in [7, 11) is 3.58. The van der Waals surface area contributed by atoms with Crippen molar-refractivity contribution in [2.75, 3.05) is 59.1 Å². The van der Waals surface area contributed by atoms with E-state index in [4.69, 9.17) is 58.8 Å². The smallest absolute Gasteiger partial charge is 0.323 e. The van der Waals surface area contributed by atoms with Gasteiger partial charge in [0.1, 0.15) is 5.84 Å². The number of nitrogens with zero attached hydrogens (tertiary/aromatic N) is 9. The van der Waals surface area contributed by atoms with Gasteiger partial charge in [-0.2, -0.15) is 15.3 Å². The Hall–Kier alpha value is -10.4. The molecule has 25 heteroatoms. The Morgan fingerprint density at radius 1 is 0.440 bits per heavy atom. The number of hydrogen-bond donors (Lipinski definition) is 13. The van der Waals surface area contributed by atoms with Crippen molar-refractivity contribution < 1.29 is 4.79 Å². The number of guanidine groups is 3. The molecule has 434 valence electrons. The molecule has 8 rings (SSSR count). The van der Waals surface area contributed by atoms with Gasteiger partial charge in [0.25, 0.3) is 0 Å². The summed E-state index contributed by atoms with van der Waals surface area (Å²) in [5, 5.41) is 45.3. The van der Waals surface area contributed by atoms with E-state index in [2.05, 4.69) is 94.9 Å². The van der Waals surface area contributed by atoms with E-state index in [1.165, 1.54) is 0 Å². The van der Waals surface area contributed by atoms with Gasteiger partial charge in [0, 0.05) is 78.3 Å². The minimum Gasteiger partial charge on any atom is -0.373 e. The molecule has 0 unspecified atom stereocenters. The van der Waals surface area contributed by atoms with Gasteiger partial charge in [-0.25, -0.2) is 4.79 Å². The molecule has 19 N–H and O–H groups in total. The number of urea groups is 1. The number of amidine groups is 1. The number of benzene rings is 6. The van der Waals surface area contributed by atoms with Gasteiger partial charge in [-0.3, -0.25) is 15.0 Å². The second-order valence-corrected chi connectivity index (χ2v) is 19.4. The van der Waals surface area contributed by atoms with E-state index < -0.39 is 0 Å². The third kappa shape index (κ3) is 20.9. The topological polar surface area (TPSA) is 369 Å². The van der Waals surface area contributed by atoms with Crippen molar-refractivity contribution in [3.05, 3.63) is 179 Å². The highest BCUT2D eigenvalue weighted by Gasteiger charge is 2.13. The van der Waals surface area contributed by atoms with E-state index in [-0.39, 0.29) is 23.9 Å². The van der Waals surface area contributed by atoms with Gasteiger partial charge >= 0.3 is 6.03 Å². The number of anilines is 6. The van der Waals surface area contributed by atoms with Crippen LogP contribution >= 0.6 is 24.4 Å². The maximum Gasteiger partial charge on any atom is 0.323 e. The van der Waals surface area contributed by atoms with Gasteiger partial charge in [-0.05, 0) is 184 Å². The van der Waals surface area contributed by atoms with E-state index in [1.54, 1.807) is 26.1 Å². The molecule has 0 saturated carbocycles. The summed E-state index contributed by atoms with van der Waals surface area (Å²) in [5.74, 6) is 0.544. The fourth-order valence-electron chi connectivity index (χ4n) is 8.12. The van der Waals surface area contributed by atoms with Crippen LogP contribution in [0, 0.1) is 0 Å². The van der Waals surface area contributed by atoms with E-state index in [1.807, 2.05) is 142 Å². The second-order valence-electron chi connectivity index (χ2n) is 18.5. The van der Waals surface area contributed by atoms with Crippen LogP contribution in [-0.2, 0) is 0 Å². The first kappa shape index (κ1) is 62.8. The van der Waals surface area contributed by atoms with Gasteiger partial charge in [-0.1, -0.05) is 60.7 Å². The highest BCUT2D eigenvalue weighted by Crippen LogP contribution is 2.21. The van der Waals surface area contributed by atoms with Crippen molar-refractivity contribution in [1.82, 2.24) is 5.32 Å². The number of aliphatic imine (C=N–C) groups is 3. The van der Waals surface area contributed by atoms with Crippen LogP contribution in [0.1, 0.15) is 79.8 Å². The van der Waals surface area contributed by atoms with Crippen LogP contribution in [0.3, 0.4) is 0 Å². The van der Waals surface area contributed by atoms with Crippen LogP contribution in [0.25, 0.3) is 0 Å². The summed E-state index contributed by atoms with van der Waals surface area (Å²) in [6.45, 7) is 7.22. The lowest BCUT2D eigenvalue weighted by atomic mass is 10.1. The molecule has 0 aromatic heterocycles. The lowest BCUT2D eigenvalue weighted by Crippen LogP contribution is -2.22. The quantitative estimate of drug-likeness (QED) is 0.0200. The zero-order valence-corrected chi connectivity index (χ0v) is 48.9. The van der Waals surface area contributed by atoms with Crippen LogP contribution < -0.4 is 71.6 Å². The third-order valence-electron chi connectivity index (χ3n) is 12.1. The fourth-order valence-corrected chi connectivity index (χ4v) is 8.59. The summed E-state index contributed by atoms with van der Waals surface area (Å²) in [5.41, 5.74) is 46.6. The minimum absolute atomic E-state index is 0.0789. The maximum absolute atomic E-state index is 12.4. The Morgan fingerprint density at radius 3 is 1.13 bits per heavy atom. The van der Waals surface area contributed by atoms with Crippen LogP contribution in [0.4, 0.5) is 38.9 Å². The SMILES string of the molecule is C/C(=N\N=C(N)N)c1cccc(NC(=O)Nc2cccc(C3=NCCC3)c2)c1.C/C(=N\N=C(N)N)c1cccc(NC(=S)Nc2cccc(C3=NCCC3)c2)c1.CN=C(NC)c1ccc(NC(=S)Nc2cccc(/C(C)=N/N=C(N)N)c2)cc1. The van der Waals surface area contributed by atoms with Crippen LogP contribution in [0.2, 0.25) is 0 Å². The summed E-state index contributed by atoms with van der Waals surface area (Å²) in [6.07, 6.45) is 4.20. The van der Waals surface area contributed by atoms with E-state index in [0.717, 1.165) is 112 Å². The molecule has 0 atom stereocenters. The summed E-state index contributed by atoms with van der Waals surface area (Å²) < 4.78 is 0. The Morgan fingerprint density at radius 2 is 0.786 bits per heavy atom. The largest absolute Gasteiger partial charge is 0.373 e. The number of nitrogens with two attached hydrogens (primary N) is 6. The summed E-state index contributed by atoms with van der Waals surface area (Å²) >= 11 is 10.9. The Labute approximate surface area is 499 Å². The second kappa shape index (κ2) is 32.1. The average molecular weight is 1170 g/mol. The van der Waals surface area contributed by atoms with Crippen LogP contribution in [0.15, 0.2) is 191 Å². The van der Waals surface area contributed by atoms with E-state index in [0.29, 0.717) is 38.7 Å². The molecule has 0 fully saturated rings. The molecule has 0 aliphatic carbocycles. The molecule has 2 heterocycles. The van der Waals surface area contributed by atoms with Crippen molar-refractivity contribution in [3.8, 4) is 0 Å². The number of hydrogen-bond acceptors (Lipinski definition) is 12.